The maximum atomic E-state index is 8.49. The van der Waals surface area contributed by atoms with Crippen LogP contribution < -0.4 is 5.32 Å². The highest BCUT2D eigenvalue weighted by Crippen LogP contribution is 2.12. The van der Waals surface area contributed by atoms with Crippen molar-refractivity contribution in [3.05, 3.63) is 12.2 Å². The van der Waals surface area contributed by atoms with Gasteiger partial charge in [-0.3, -0.25) is 0 Å². The minimum absolute atomic E-state index is 0.184. The number of piperidine rings is 1. The predicted octanol–water partition coefficient (Wildman–Crippen LogP) is 0.534. The molecular weight excluding hydrogens is 126 g/mol. The predicted molar refractivity (Wildman–Crippen MR) is 41.8 cm³/mol. The van der Waals surface area contributed by atoms with E-state index in [1.807, 2.05) is 6.08 Å². The molecule has 10 heavy (non-hydrogen) atoms. The van der Waals surface area contributed by atoms with Gasteiger partial charge in [0.05, 0.1) is 6.61 Å². The molecule has 0 spiro atoms. The Hall–Kier alpha value is -0.340. The lowest BCUT2D eigenvalue weighted by molar-refractivity contribution is 0.340. The first-order chi connectivity index (χ1) is 4.93. The zero-order valence-corrected chi connectivity index (χ0v) is 6.21. The van der Waals surface area contributed by atoms with Gasteiger partial charge in [0.1, 0.15) is 0 Å². The molecule has 0 radical (unpaired) electrons. The fraction of sp³-hybridized carbons (Fsp3) is 0.750. The van der Waals surface area contributed by atoms with E-state index >= 15 is 0 Å². The van der Waals surface area contributed by atoms with Crippen LogP contribution in [0.5, 0.6) is 0 Å². The topological polar surface area (TPSA) is 32.3 Å². The lowest BCUT2D eigenvalue weighted by Crippen LogP contribution is -2.26. The van der Waals surface area contributed by atoms with Gasteiger partial charge in [-0.15, -0.1) is 0 Å². The highest BCUT2D eigenvalue weighted by Gasteiger charge is 2.08. The Morgan fingerprint density at radius 1 is 1.40 bits per heavy atom. The van der Waals surface area contributed by atoms with Crippen LogP contribution in [-0.4, -0.2) is 24.8 Å². The smallest absolute Gasteiger partial charge is 0.0612 e. The van der Waals surface area contributed by atoms with Gasteiger partial charge in [0.15, 0.2) is 0 Å². The van der Waals surface area contributed by atoms with Crippen LogP contribution in [0, 0.1) is 5.92 Å². The van der Waals surface area contributed by atoms with E-state index in [-0.39, 0.29) is 6.61 Å². The fourth-order valence-corrected chi connectivity index (χ4v) is 1.29. The maximum Gasteiger partial charge on any atom is 0.0612 e. The van der Waals surface area contributed by atoms with Crippen molar-refractivity contribution in [3.8, 4) is 0 Å². The Kier molecular flexibility index (Phi) is 3.47. The molecule has 0 atom stereocenters. The molecule has 0 aromatic heterocycles. The summed E-state index contributed by atoms with van der Waals surface area (Å²) in [6.45, 7) is 2.44. The number of aliphatic hydroxyl groups is 1. The van der Waals surface area contributed by atoms with Crippen LogP contribution in [0.25, 0.3) is 0 Å². The Bertz CT molecular complexity index is 106. The van der Waals surface area contributed by atoms with Crippen molar-refractivity contribution in [2.75, 3.05) is 19.7 Å². The molecule has 58 valence electrons. The molecule has 1 fully saturated rings. The van der Waals surface area contributed by atoms with Crippen LogP contribution in [0.2, 0.25) is 0 Å². The second kappa shape index (κ2) is 4.47. The molecular formula is C8H15NO. The molecule has 1 aliphatic heterocycles. The minimum Gasteiger partial charge on any atom is -0.392 e. The van der Waals surface area contributed by atoms with Gasteiger partial charge in [0, 0.05) is 0 Å². The van der Waals surface area contributed by atoms with Crippen molar-refractivity contribution in [1.82, 2.24) is 5.32 Å². The first-order valence-electron chi connectivity index (χ1n) is 3.91. The molecule has 1 rings (SSSR count). The van der Waals surface area contributed by atoms with E-state index in [4.69, 9.17) is 5.11 Å². The van der Waals surface area contributed by atoms with E-state index in [1.54, 1.807) is 0 Å². The quantitative estimate of drug-likeness (QED) is 0.550. The molecule has 2 heteroatoms. The van der Waals surface area contributed by atoms with Crippen molar-refractivity contribution in [1.29, 1.82) is 0 Å². The molecule has 2 nitrogen and oxygen atoms in total. The number of allylic oxidation sites excluding steroid dienone is 1. The Morgan fingerprint density at radius 2 is 2.10 bits per heavy atom. The third-order valence-electron chi connectivity index (χ3n) is 1.90. The van der Waals surface area contributed by atoms with Gasteiger partial charge in [-0.2, -0.15) is 0 Å². The van der Waals surface area contributed by atoms with Crippen LogP contribution >= 0.6 is 0 Å². The molecule has 1 saturated heterocycles. The van der Waals surface area contributed by atoms with E-state index in [9.17, 15) is 0 Å². The summed E-state index contributed by atoms with van der Waals surface area (Å²) in [6, 6.07) is 0. The summed E-state index contributed by atoms with van der Waals surface area (Å²) in [5, 5.41) is 11.8. The van der Waals surface area contributed by atoms with Gasteiger partial charge in [0.25, 0.3) is 0 Å². The lowest BCUT2D eigenvalue weighted by atomic mass is 9.98. The lowest BCUT2D eigenvalue weighted by Gasteiger charge is -2.18. The van der Waals surface area contributed by atoms with Crippen LogP contribution in [0.4, 0.5) is 0 Å². The normalized spacial score (nSPS) is 22.1. The van der Waals surface area contributed by atoms with E-state index in [0.717, 1.165) is 13.1 Å². The third-order valence-corrected chi connectivity index (χ3v) is 1.90. The molecule has 0 amide bonds. The SMILES string of the molecule is OC/C=C/C1CCNCC1. The largest absolute Gasteiger partial charge is 0.392 e. The zero-order valence-electron chi connectivity index (χ0n) is 6.21. The summed E-state index contributed by atoms with van der Waals surface area (Å²) in [4.78, 5) is 0. The van der Waals surface area contributed by atoms with Gasteiger partial charge in [0.2, 0.25) is 0 Å². The number of hydrogen-bond donors (Lipinski definition) is 2. The van der Waals surface area contributed by atoms with Crippen LogP contribution in [0.15, 0.2) is 12.2 Å². The van der Waals surface area contributed by atoms with Gasteiger partial charge in [-0.1, -0.05) is 12.2 Å². The summed E-state index contributed by atoms with van der Waals surface area (Å²) in [7, 11) is 0. The van der Waals surface area contributed by atoms with Crippen molar-refractivity contribution < 1.29 is 5.11 Å². The van der Waals surface area contributed by atoms with Gasteiger partial charge >= 0.3 is 0 Å². The number of nitrogens with one attached hydrogen (secondary N) is 1. The van der Waals surface area contributed by atoms with Crippen LogP contribution in [0.3, 0.4) is 0 Å². The van der Waals surface area contributed by atoms with Crippen molar-refractivity contribution in [2.24, 2.45) is 5.92 Å². The third kappa shape index (κ3) is 2.50. The van der Waals surface area contributed by atoms with Crippen LogP contribution in [-0.2, 0) is 0 Å². The Balaban J connectivity index is 2.19. The molecule has 0 aromatic carbocycles. The van der Waals surface area contributed by atoms with E-state index in [2.05, 4.69) is 11.4 Å². The second-order valence-corrected chi connectivity index (χ2v) is 2.70. The molecule has 0 unspecified atom stereocenters. The van der Waals surface area contributed by atoms with Crippen LogP contribution in [0.1, 0.15) is 12.8 Å². The van der Waals surface area contributed by atoms with Gasteiger partial charge in [-0.25, -0.2) is 0 Å². The van der Waals surface area contributed by atoms with Crippen molar-refractivity contribution in [2.45, 2.75) is 12.8 Å². The highest BCUT2D eigenvalue weighted by atomic mass is 16.2. The van der Waals surface area contributed by atoms with E-state index in [1.165, 1.54) is 12.8 Å². The molecule has 0 saturated carbocycles. The molecule has 1 heterocycles. The summed E-state index contributed by atoms with van der Waals surface area (Å²) in [5.41, 5.74) is 0. The van der Waals surface area contributed by atoms with Gasteiger partial charge < -0.3 is 10.4 Å². The van der Waals surface area contributed by atoms with Gasteiger partial charge in [-0.05, 0) is 31.8 Å². The minimum atomic E-state index is 0.184. The highest BCUT2D eigenvalue weighted by molar-refractivity contribution is 4.90. The molecule has 0 aliphatic carbocycles. The zero-order chi connectivity index (χ0) is 7.23. The molecule has 1 aliphatic rings. The molecule has 0 bridgehead atoms. The average molecular weight is 141 g/mol. The standard InChI is InChI=1S/C8H15NO/c10-7-1-2-8-3-5-9-6-4-8/h1-2,8-10H,3-7H2/b2-1+. The average Bonchev–Trinajstić information content (AvgIpc) is 2.03. The second-order valence-electron chi connectivity index (χ2n) is 2.70. The Morgan fingerprint density at radius 3 is 2.70 bits per heavy atom. The van der Waals surface area contributed by atoms with Crippen molar-refractivity contribution in [3.63, 3.8) is 0 Å². The summed E-state index contributed by atoms with van der Waals surface area (Å²) >= 11 is 0. The van der Waals surface area contributed by atoms with E-state index < -0.39 is 0 Å². The first kappa shape index (κ1) is 7.76. The number of hydrogen-bond acceptors (Lipinski definition) is 2. The number of rotatable bonds is 2. The summed E-state index contributed by atoms with van der Waals surface area (Å²) in [6.07, 6.45) is 6.41. The fourth-order valence-electron chi connectivity index (χ4n) is 1.29. The summed E-state index contributed by atoms with van der Waals surface area (Å²) < 4.78 is 0. The summed E-state index contributed by atoms with van der Waals surface area (Å²) in [5.74, 6) is 0.702. The number of aliphatic hydroxyl groups excluding tert-OH is 1. The Labute approximate surface area is 61.9 Å². The van der Waals surface area contributed by atoms with Crippen molar-refractivity contribution >= 4 is 0 Å². The maximum absolute atomic E-state index is 8.49. The first-order valence-corrected chi connectivity index (χ1v) is 3.91. The molecule has 2 N–H and O–H groups in total. The van der Waals surface area contributed by atoms with E-state index in [0.29, 0.717) is 5.92 Å². The monoisotopic (exact) mass is 141 g/mol. The molecule has 0 aromatic rings.